The van der Waals surface area contributed by atoms with Crippen LogP contribution in [0.3, 0.4) is 0 Å². The van der Waals surface area contributed by atoms with E-state index < -0.39 is 0 Å². The maximum absolute atomic E-state index is 11.2. The number of benzene rings is 1. The van der Waals surface area contributed by atoms with E-state index in [2.05, 4.69) is 0 Å². The maximum Gasteiger partial charge on any atom is 0.338 e. The third-order valence-electron chi connectivity index (χ3n) is 1.67. The standard InChI is InChI=1S/C10H11ClO2.C2H6/c1-3-13-10(12)8-4-5-9(11)7(2)6-8;1-2/h4-6H,3H2,1-2H3;1-2H3. The highest BCUT2D eigenvalue weighted by molar-refractivity contribution is 6.31. The first-order valence-electron chi connectivity index (χ1n) is 5.08. The van der Waals surface area contributed by atoms with Gasteiger partial charge in [-0.2, -0.15) is 0 Å². The summed E-state index contributed by atoms with van der Waals surface area (Å²) in [5.41, 5.74) is 1.43. The Bertz CT molecular complexity index is 321. The molecule has 0 fully saturated rings. The van der Waals surface area contributed by atoms with Gasteiger partial charge in [0.25, 0.3) is 0 Å². The monoisotopic (exact) mass is 228 g/mol. The highest BCUT2D eigenvalue weighted by atomic mass is 35.5. The zero-order chi connectivity index (χ0) is 11.8. The molecule has 0 radical (unpaired) electrons. The molecule has 1 aromatic carbocycles. The maximum atomic E-state index is 11.2. The van der Waals surface area contributed by atoms with Gasteiger partial charge in [0.1, 0.15) is 0 Å². The van der Waals surface area contributed by atoms with Crippen LogP contribution in [0, 0.1) is 6.92 Å². The highest BCUT2D eigenvalue weighted by Gasteiger charge is 2.06. The second-order valence-electron chi connectivity index (χ2n) is 2.68. The van der Waals surface area contributed by atoms with Crippen LogP contribution in [-0.4, -0.2) is 12.6 Å². The fraction of sp³-hybridized carbons (Fsp3) is 0.417. The van der Waals surface area contributed by atoms with Gasteiger partial charge in [0.15, 0.2) is 0 Å². The van der Waals surface area contributed by atoms with E-state index in [9.17, 15) is 4.79 Å². The van der Waals surface area contributed by atoms with Crippen molar-refractivity contribution in [3.63, 3.8) is 0 Å². The number of hydrogen-bond acceptors (Lipinski definition) is 2. The van der Waals surface area contributed by atoms with E-state index in [1.54, 1.807) is 25.1 Å². The number of hydrogen-bond donors (Lipinski definition) is 0. The Morgan fingerprint density at radius 2 is 2.00 bits per heavy atom. The van der Waals surface area contributed by atoms with Crippen LogP contribution in [0.4, 0.5) is 0 Å². The molecule has 0 heterocycles. The predicted molar refractivity (Wildman–Crippen MR) is 63.5 cm³/mol. The summed E-state index contributed by atoms with van der Waals surface area (Å²) < 4.78 is 4.84. The van der Waals surface area contributed by atoms with Crippen molar-refractivity contribution in [2.24, 2.45) is 0 Å². The molecule has 0 aliphatic heterocycles. The summed E-state index contributed by atoms with van der Waals surface area (Å²) in [5.74, 6) is -0.303. The van der Waals surface area contributed by atoms with Crippen molar-refractivity contribution in [3.05, 3.63) is 34.3 Å². The van der Waals surface area contributed by atoms with Crippen molar-refractivity contribution >= 4 is 17.6 Å². The Morgan fingerprint density at radius 3 is 2.47 bits per heavy atom. The molecule has 0 aromatic heterocycles. The predicted octanol–water partition coefficient (Wildman–Crippen LogP) is 3.85. The fourth-order valence-corrected chi connectivity index (χ4v) is 1.10. The first kappa shape index (κ1) is 14.0. The number of rotatable bonds is 2. The Balaban J connectivity index is 0.000000921. The number of halogens is 1. The second kappa shape index (κ2) is 7.30. The van der Waals surface area contributed by atoms with E-state index in [1.807, 2.05) is 20.8 Å². The van der Waals surface area contributed by atoms with Gasteiger partial charge in [-0.15, -0.1) is 0 Å². The lowest BCUT2D eigenvalue weighted by molar-refractivity contribution is 0.0526. The highest BCUT2D eigenvalue weighted by Crippen LogP contribution is 2.16. The molecule has 0 N–H and O–H groups in total. The minimum absolute atomic E-state index is 0.303. The van der Waals surface area contributed by atoms with E-state index in [0.29, 0.717) is 17.2 Å². The molecule has 0 atom stereocenters. The molecule has 0 bridgehead atoms. The average molecular weight is 229 g/mol. The van der Waals surface area contributed by atoms with Crippen molar-refractivity contribution in [2.45, 2.75) is 27.7 Å². The van der Waals surface area contributed by atoms with E-state index in [-0.39, 0.29) is 5.97 Å². The Hall–Kier alpha value is -1.02. The largest absolute Gasteiger partial charge is 0.462 e. The molecule has 1 aromatic rings. The van der Waals surface area contributed by atoms with Crippen molar-refractivity contribution in [1.82, 2.24) is 0 Å². The Morgan fingerprint density at radius 1 is 1.40 bits per heavy atom. The molecule has 1 rings (SSSR count). The topological polar surface area (TPSA) is 26.3 Å². The van der Waals surface area contributed by atoms with Gasteiger partial charge in [-0.25, -0.2) is 4.79 Å². The number of carbonyl (C=O) groups excluding carboxylic acids is 1. The van der Waals surface area contributed by atoms with Gasteiger partial charge in [0.2, 0.25) is 0 Å². The molecular weight excluding hydrogens is 212 g/mol. The molecule has 0 saturated carbocycles. The normalized spacial score (nSPS) is 8.87. The SMILES string of the molecule is CC.CCOC(=O)c1ccc(Cl)c(C)c1. The van der Waals surface area contributed by atoms with Gasteiger partial charge in [0, 0.05) is 5.02 Å². The van der Waals surface area contributed by atoms with E-state index >= 15 is 0 Å². The van der Waals surface area contributed by atoms with Gasteiger partial charge in [-0.1, -0.05) is 25.4 Å². The van der Waals surface area contributed by atoms with E-state index in [4.69, 9.17) is 16.3 Å². The molecule has 0 spiro atoms. The number of carbonyl (C=O) groups is 1. The molecule has 0 saturated heterocycles. The molecular formula is C12H17ClO2. The second-order valence-corrected chi connectivity index (χ2v) is 3.09. The van der Waals surface area contributed by atoms with Crippen molar-refractivity contribution in [3.8, 4) is 0 Å². The van der Waals surface area contributed by atoms with Gasteiger partial charge in [-0.05, 0) is 37.6 Å². The van der Waals surface area contributed by atoms with E-state index in [1.165, 1.54) is 0 Å². The number of ether oxygens (including phenoxy) is 1. The van der Waals surface area contributed by atoms with Crippen LogP contribution in [0.25, 0.3) is 0 Å². The number of aryl methyl sites for hydroxylation is 1. The molecule has 84 valence electrons. The molecule has 2 nitrogen and oxygen atoms in total. The van der Waals surface area contributed by atoms with Crippen LogP contribution < -0.4 is 0 Å². The van der Waals surface area contributed by atoms with Crippen LogP contribution in [0.15, 0.2) is 18.2 Å². The van der Waals surface area contributed by atoms with Crippen LogP contribution in [0.1, 0.15) is 36.7 Å². The summed E-state index contributed by atoms with van der Waals surface area (Å²) in [6.07, 6.45) is 0. The molecule has 15 heavy (non-hydrogen) atoms. The fourth-order valence-electron chi connectivity index (χ4n) is 0.986. The molecule has 0 unspecified atom stereocenters. The average Bonchev–Trinajstić information content (AvgIpc) is 2.25. The molecule has 0 aliphatic rings. The van der Waals surface area contributed by atoms with Gasteiger partial charge in [-0.3, -0.25) is 0 Å². The molecule has 3 heteroatoms. The zero-order valence-electron chi connectivity index (χ0n) is 9.63. The van der Waals surface area contributed by atoms with Crippen LogP contribution in [0.2, 0.25) is 5.02 Å². The molecule has 0 amide bonds. The van der Waals surface area contributed by atoms with E-state index in [0.717, 1.165) is 5.56 Å². The lowest BCUT2D eigenvalue weighted by atomic mass is 10.1. The minimum Gasteiger partial charge on any atom is -0.462 e. The van der Waals surface area contributed by atoms with Crippen molar-refractivity contribution in [2.75, 3.05) is 6.61 Å². The summed E-state index contributed by atoms with van der Waals surface area (Å²) >= 11 is 5.81. The summed E-state index contributed by atoms with van der Waals surface area (Å²) in [5, 5.41) is 0.660. The zero-order valence-corrected chi connectivity index (χ0v) is 10.4. The van der Waals surface area contributed by atoms with Gasteiger partial charge >= 0.3 is 5.97 Å². The van der Waals surface area contributed by atoms with Crippen LogP contribution in [-0.2, 0) is 4.74 Å². The van der Waals surface area contributed by atoms with Gasteiger partial charge < -0.3 is 4.74 Å². The molecule has 0 aliphatic carbocycles. The smallest absolute Gasteiger partial charge is 0.338 e. The summed E-state index contributed by atoms with van der Waals surface area (Å²) in [6.45, 7) is 8.02. The first-order chi connectivity index (χ1) is 7.15. The Labute approximate surface area is 96.2 Å². The van der Waals surface area contributed by atoms with Crippen LogP contribution >= 0.6 is 11.6 Å². The quantitative estimate of drug-likeness (QED) is 0.719. The summed E-state index contributed by atoms with van der Waals surface area (Å²) in [6, 6.07) is 5.08. The summed E-state index contributed by atoms with van der Waals surface area (Å²) in [7, 11) is 0. The Kier molecular flexibility index (Phi) is 6.80. The van der Waals surface area contributed by atoms with Gasteiger partial charge in [0.05, 0.1) is 12.2 Å². The number of esters is 1. The third kappa shape index (κ3) is 4.34. The van der Waals surface area contributed by atoms with Crippen molar-refractivity contribution in [1.29, 1.82) is 0 Å². The minimum atomic E-state index is -0.303. The van der Waals surface area contributed by atoms with Crippen molar-refractivity contribution < 1.29 is 9.53 Å². The van der Waals surface area contributed by atoms with Crippen LogP contribution in [0.5, 0.6) is 0 Å². The summed E-state index contributed by atoms with van der Waals surface area (Å²) in [4.78, 5) is 11.2. The third-order valence-corrected chi connectivity index (χ3v) is 2.09. The lowest BCUT2D eigenvalue weighted by Crippen LogP contribution is -2.04. The first-order valence-corrected chi connectivity index (χ1v) is 5.46. The lowest BCUT2D eigenvalue weighted by Gasteiger charge is -2.03.